The van der Waals surface area contributed by atoms with E-state index in [1.54, 1.807) is 7.05 Å². The van der Waals surface area contributed by atoms with Crippen molar-refractivity contribution in [2.24, 2.45) is 0 Å². The molecule has 0 aliphatic rings. The average molecular weight is 423 g/mol. The smallest absolute Gasteiger partial charge is 0.251 e. The van der Waals surface area contributed by atoms with Gasteiger partial charge in [0.15, 0.2) is 0 Å². The molecule has 0 bridgehead atoms. The van der Waals surface area contributed by atoms with Crippen LogP contribution in [-0.4, -0.2) is 35.8 Å². The molecule has 30 heavy (non-hydrogen) atoms. The zero-order valence-electron chi connectivity index (χ0n) is 17.4. The molecule has 2 N–H and O–H groups in total. The van der Waals surface area contributed by atoms with Crippen molar-refractivity contribution >= 4 is 28.8 Å². The van der Waals surface area contributed by atoms with Crippen LogP contribution >= 0.6 is 11.3 Å². The normalized spacial score (nSPS) is 10.8. The summed E-state index contributed by atoms with van der Waals surface area (Å²) in [7, 11) is 3.65. The summed E-state index contributed by atoms with van der Waals surface area (Å²) in [5, 5.41) is 8.33. The van der Waals surface area contributed by atoms with Crippen molar-refractivity contribution < 1.29 is 9.59 Å². The fraction of sp³-hybridized carbons (Fsp3) is 0.261. The van der Waals surface area contributed by atoms with Gasteiger partial charge in [0, 0.05) is 36.8 Å². The van der Waals surface area contributed by atoms with Gasteiger partial charge in [-0.05, 0) is 43.8 Å². The Bertz CT molecular complexity index is 997. The highest BCUT2D eigenvalue weighted by atomic mass is 32.1. The van der Waals surface area contributed by atoms with Crippen LogP contribution in [0.25, 0.3) is 0 Å². The Morgan fingerprint density at radius 2 is 1.73 bits per heavy atom. The molecule has 2 aromatic carbocycles. The second-order valence-corrected chi connectivity index (χ2v) is 8.21. The van der Waals surface area contributed by atoms with Crippen molar-refractivity contribution in [3.8, 4) is 0 Å². The highest BCUT2D eigenvalue weighted by Gasteiger charge is 2.11. The minimum Gasteiger partial charge on any atom is -0.355 e. The number of aromatic nitrogens is 1. The lowest BCUT2D eigenvalue weighted by Gasteiger charge is -2.15. The maximum absolute atomic E-state index is 12.3. The number of hydrogen-bond acceptors (Lipinski definition) is 5. The highest BCUT2D eigenvalue weighted by molar-refractivity contribution is 7.09. The van der Waals surface area contributed by atoms with Gasteiger partial charge in [0.2, 0.25) is 5.91 Å². The minimum atomic E-state index is -0.0867. The fourth-order valence-electron chi connectivity index (χ4n) is 3.03. The third-order valence-corrected chi connectivity index (χ3v) is 5.47. The van der Waals surface area contributed by atoms with E-state index in [-0.39, 0.29) is 18.2 Å². The van der Waals surface area contributed by atoms with Crippen LogP contribution in [0.3, 0.4) is 0 Å². The largest absolute Gasteiger partial charge is 0.355 e. The third kappa shape index (κ3) is 6.23. The zero-order chi connectivity index (χ0) is 21.5. The van der Waals surface area contributed by atoms with Crippen LogP contribution in [-0.2, 0) is 24.3 Å². The predicted molar refractivity (Wildman–Crippen MR) is 121 cm³/mol. The topological polar surface area (TPSA) is 74.3 Å². The number of carbonyl (C=O) groups excluding carboxylic acids is 2. The molecule has 0 spiro atoms. The van der Waals surface area contributed by atoms with E-state index in [2.05, 4.69) is 20.5 Å². The van der Waals surface area contributed by atoms with E-state index in [1.165, 1.54) is 11.3 Å². The highest BCUT2D eigenvalue weighted by Crippen LogP contribution is 2.15. The van der Waals surface area contributed by atoms with Crippen molar-refractivity contribution in [3.05, 3.63) is 81.3 Å². The van der Waals surface area contributed by atoms with Gasteiger partial charge in [0.1, 0.15) is 5.01 Å². The van der Waals surface area contributed by atoms with E-state index < -0.39 is 0 Å². The van der Waals surface area contributed by atoms with Crippen molar-refractivity contribution in [3.63, 3.8) is 0 Å². The van der Waals surface area contributed by atoms with Crippen LogP contribution in [0.2, 0.25) is 0 Å². The lowest BCUT2D eigenvalue weighted by molar-refractivity contribution is -0.115. The summed E-state index contributed by atoms with van der Waals surface area (Å²) >= 11 is 1.50. The standard InChI is InChI=1S/C23H26N4O2S/c1-16-4-10-19(11-5-16)25-21(28)12-22-26-20(15-30-22)14-27(3)13-17-6-8-18(9-7-17)23(29)24-2/h4-11,15H,12-14H2,1-3H3,(H,24,29)(H,25,28). The number of anilines is 1. The molecule has 7 heteroatoms. The van der Waals surface area contributed by atoms with Gasteiger partial charge in [0.25, 0.3) is 5.91 Å². The molecule has 0 unspecified atom stereocenters. The lowest BCUT2D eigenvalue weighted by atomic mass is 10.1. The Hall–Kier alpha value is -3.03. The number of thiazole rings is 1. The Labute approximate surface area is 181 Å². The number of hydrogen-bond donors (Lipinski definition) is 2. The predicted octanol–water partition coefficient (Wildman–Crippen LogP) is 3.62. The van der Waals surface area contributed by atoms with Gasteiger partial charge < -0.3 is 10.6 Å². The van der Waals surface area contributed by atoms with Crippen LogP contribution in [0.4, 0.5) is 5.69 Å². The molecule has 0 aliphatic carbocycles. The quantitative estimate of drug-likeness (QED) is 0.581. The number of aryl methyl sites for hydroxylation is 1. The molecule has 0 atom stereocenters. The number of carbonyl (C=O) groups is 2. The first-order valence-electron chi connectivity index (χ1n) is 9.72. The summed E-state index contributed by atoms with van der Waals surface area (Å²) in [6.45, 7) is 3.45. The molecule has 1 aromatic heterocycles. The Morgan fingerprint density at radius 3 is 2.40 bits per heavy atom. The second kappa shape index (κ2) is 10.1. The molecule has 2 amide bonds. The number of amides is 2. The number of nitrogens with zero attached hydrogens (tertiary/aromatic N) is 2. The Kier molecular flexibility index (Phi) is 7.32. The summed E-state index contributed by atoms with van der Waals surface area (Å²) in [6, 6.07) is 15.3. The fourth-order valence-corrected chi connectivity index (χ4v) is 3.82. The van der Waals surface area contributed by atoms with Crippen molar-refractivity contribution in [1.82, 2.24) is 15.2 Å². The molecule has 0 aliphatic heterocycles. The summed E-state index contributed by atoms with van der Waals surface area (Å²) in [5.41, 5.74) is 4.67. The first-order valence-corrected chi connectivity index (χ1v) is 10.6. The molecule has 0 fully saturated rings. The zero-order valence-corrected chi connectivity index (χ0v) is 18.3. The first kappa shape index (κ1) is 21.7. The monoisotopic (exact) mass is 422 g/mol. The SMILES string of the molecule is CNC(=O)c1ccc(CN(C)Cc2csc(CC(=O)Nc3ccc(C)cc3)n2)cc1. The molecule has 3 rings (SSSR count). The maximum Gasteiger partial charge on any atom is 0.251 e. The van der Waals surface area contributed by atoms with Gasteiger partial charge in [-0.15, -0.1) is 11.3 Å². The van der Waals surface area contributed by atoms with E-state index >= 15 is 0 Å². The molecule has 0 saturated carbocycles. The Morgan fingerprint density at radius 1 is 1.03 bits per heavy atom. The molecule has 0 saturated heterocycles. The van der Waals surface area contributed by atoms with Gasteiger partial charge in [-0.3, -0.25) is 14.5 Å². The summed E-state index contributed by atoms with van der Waals surface area (Å²) in [6.07, 6.45) is 0.267. The molecular formula is C23H26N4O2S. The van der Waals surface area contributed by atoms with Gasteiger partial charge in [-0.25, -0.2) is 4.98 Å². The van der Waals surface area contributed by atoms with E-state index in [0.29, 0.717) is 12.1 Å². The van der Waals surface area contributed by atoms with Gasteiger partial charge in [0.05, 0.1) is 12.1 Å². The van der Waals surface area contributed by atoms with Crippen LogP contribution < -0.4 is 10.6 Å². The maximum atomic E-state index is 12.3. The van der Waals surface area contributed by atoms with Crippen molar-refractivity contribution in [2.75, 3.05) is 19.4 Å². The molecule has 3 aromatic rings. The van der Waals surface area contributed by atoms with Gasteiger partial charge >= 0.3 is 0 Å². The summed E-state index contributed by atoms with van der Waals surface area (Å²) in [4.78, 5) is 30.6. The lowest BCUT2D eigenvalue weighted by Crippen LogP contribution is -2.19. The van der Waals surface area contributed by atoms with Crippen LogP contribution in [0.15, 0.2) is 53.9 Å². The van der Waals surface area contributed by atoms with E-state index in [4.69, 9.17) is 0 Å². The first-order chi connectivity index (χ1) is 14.4. The van der Waals surface area contributed by atoms with Gasteiger partial charge in [-0.2, -0.15) is 0 Å². The molecule has 0 radical (unpaired) electrons. The second-order valence-electron chi connectivity index (χ2n) is 7.27. The minimum absolute atomic E-state index is 0.0655. The summed E-state index contributed by atoms with van der Waals surface area (Å²) < 4.78 is 0. The number of nitrogens with one attached hydrogen (secondary N) is 2. The van der Waals surface area contributed by atoms with Crippen LogP contribution in [0, 0.1) is 6.92 Å². The van der Waals surface area contributed by atoms with E-state index in [9.17, 15) is 9.59 Å². The number of rotatable bonds is 8. The molecule has 156 valence electrons. The summed E-state index contributed by atoms with van der Waals surface area (Å²) in [5.74, 6) is -0.152. The molecule has 6 nitrogen and oxygen atoms in total. The third-order valence-electron chi connectivity index (χ3n) is 4.57. The Balaban J connectivity index is 1.50. The van der Waals surface area contributed by atoms with E-state index in [0.717, 1.165) is 34.1 Å². The van der Waals surface area contributed by atoms with Crippen LogP contribution in [0.5, 0.6) is 0 Å². The number of benzene rings is 2. The van der Waals surface area contributed by atoms with Crippen LogP contribution in [0.1, 0.15) is 32.2 Å². The van der Waals surface area contributed by atoms with Gasteiger partial charge in [-0.1, -0.05) is 29.8 Å². The molecule has 1 heterocycles. The van der Waals surface area contributed by atoms with Crippen molar-refractivity contribution in [1.29, 1.82) is 0 Å². The molecular weight excluding hydrogens is 396 g/mol. The van der Waals surface area contributed by atoms with Crippen molar-refractivity contribution in [2.45, 2.75) is 26.4 Å². The average Bonchev–Trinajstić information content (AvgIpc) is 3.16. The van der Waals surface area contributed by atoms with E-state index in [1.807, 2.05) is 67.9 Å².